The first-order valence-electron chi connectivity index (χ1n) is 10.1. The molecular weight excluding hydrogens is 386 g/mol. The number of hydrogen-bond donors (Lipinski definition) is 2. The number of carbonyl (C=O) groups excluding carboxylic acids is 4. The van der Waals surface area contributed by atoms with Crippen molar-refractivity contribution in [3.63, 3.8) is 0 Å². The van der Waals surface area contributed by atoms with Crippen LogP contribution >= 0.6 is 0 Å². The zero-order valence-electron chi connectivity index (χ0n) is 18.0. The molecular formula is C22H29N3O5. The van der Waals surface area contributed by atoms with E-state index in [2.05, 4.69) is 10.6 Å². The SMILES string of the molecule is CC(=O)Nc1ccc(C(=O)NC(C(=O)N2C[C@H](C)[C@H]3OCC(=O)[C@H]32)C(C)(C)C)cc1. The van der Waals surface area contributed by atoms with Crippen LogP contribution in [-0.4, -0.2) is 59.7 Å². The summed E-state index contributed by atoms with van der Waals surface area (Å²) in [4.78, 5) is 51.3. The highest BCUT2D eigenvalue weighted by Gasteiger charge is 2.52. The number of fused-ring (bicyclic) bond motifs is 1. The van der Waals surface area contributed by atoms with Gasteiger partial charge in [0, 0.05) is 30.6 Å². The monoisotopic (exact) mass is 415 g/mol. The van der Waals surface area contributed by atoms with Crippen LogP contribution in [0.15, 0.2) is 24.3 Å². The Hall–Kier alpha value is -2.74. The first-order valence-corrected chi connectivity index (χ1v) is 10.1. The van der Waals surface area contributed by atoms with Crippen molar-refractivity contribution in [2.75, 3.05) is 18.5 Å². The van der Waals surface area contributed by atoms with Crippen LogP contribution < -0.4 is 10.6 Å². The molecule has 4 atom stereocenters. The molecule has 3 rings (SSSR count). The molecule has 1 unspecified atom stereocenters. The highest BCUT2D eigenvalue weighted by Crippen LogP contribution is 2.33. The number of carbonyl (C=O) groups is 4. The van der Waals surface area contributed by atoms with Crippen molar-refractivity contribution >= 4 is 29.2 Å². The van der Waals surface area contributed by atoms with Gasteiger partial charge in [-0.2, -0.15) is 0 Å². The van der Waals surface area contributed by atoms with Gasteiger partial charge in [-0.05, 0) is 29.7 Å². The van der Waals surface area contributed by atoms with Gasteiger partial charge in [0.15, 0.2) is 5.78 Å². The van der Waals surface area contributed by atoms with Crippen molar-refractivity contribution in [1.29, 1.82) is 0 Å². The number of amides is 3. The molecule has 2 aliphatic heterocycles. The molecule has 8 heteroatoms. The van der Waals surface area contributed by atoms with E-state index in [4.69, 9.17) is 4.74 Å². The second-order valence-electron chi connectivity index (χ2n) is 9.19. The number of rotatable bonds is 4. The van der Waals surface area contributed by atoms with Crippen LogP contribution in [0.1, 0.15) is 45.0 Å². The molecule has 2 heterocycles. The predicted molar refractivity (Wildman–Crippen MR) is 111 cm³/mol. The maximum absolute atomic E-state index is 13.4. The van der Waals surface area contributed by atoms with E-state index in [-0.39, 0.29) is 36.2 Å². The van der Waals surface area contributed by atoms with E-state index in [9.17, 15) is 19.2 Å². The summed E-state index contributed by atoms with van der Waals surface area (Å²) in [7, 11) is 0. The van der Waals surface area contributed by atoms with Gasteiger partial charge in [0.1, 0.15) is 18.7 Å². The third-order valence-electron chi connectivity index (χ3n) is 5.58. The number of benzene rings is 1. The minimum atomic E-state index is -0.806. The molecule has 2 N–H and O–H groups in total. The molecule has 1 aromatic carbocycles. The molecule has 0 bridgehead atoms. The van der Waals surface area contributed by atoms with Gasteiger partial charge < -0.3 is 20.3 Å². The summed E-state index contributed by atoms with van der Waals surface area (Å²) in [5.41, 5.74) is 0.394. The fraction of sp³-hybridized carbons (Fsp3) is 0.545. The van der Waals surface area contributed by atoms with Gasteiger partial charge in [0.2, 0.25) is 11.8 Å². The van der Waals surface area contributed by atoms with Crippen molar-refractivity contribution < 1.29 is 23.9 Å². The van der Waals surface area contributed by atoms with Crippen LogP contribution in [0.5, 0.6) is 0 Å². The number of anilines is 1. The minimum absolute atomic E-state index is 0.0244. The topological polar surface area (TPSA) is 105 Å². The molecule has 30 heavy (non-hydrogen) atoms. The summed E-state index contributed by atoms with van der Waals surface area (Å²) in [5.74, 6) is -0.901. The molecule has 0 radical (unpaired) electrons. The van der Waals surface area contributed by atoms with Crippen LogP contribution in [0.4, 0.5) is 5.69 Å². The molecule has 0 spiro atoms. The molecule has 2 saturated heterocycles. The van der Waals surface area contributed by atoms with Crippen molar-refractivity contribution in [3.05, 3.63) is 29.8 Å². The van der Waals surface area contributed by atoms with Crippen molar-refractivity contribution in [2.24, 2.45) is 11.3 Å². The number of ketones is 1. The van der Waals surface area contributed by atoms with Gasteiger partial charge in [0.05, 0.1) is 6.10 Å². The maximum Gasteiger partial charge on any atom is 0.251 e. The van der Waals surface area contributed by atoms with Crippen LogP contribution in [-0.2, 0) is 19.1 Å². The van der Waals surface area contributed by atoms with Crippen LogP contribution in [0.25, 0.3) is 0 Å². The fourth-order valence-electron chi connectivity index (χ4n) is 4.06. The number of likely N-dealkylation sites (tertiary alicyclic amines) is 1. The minimum Gasteiger partial charge on any atom is -0.367 e. The van der Waals surface area contributed by atoms with Gasteiger partial charge in [-0.3, -0.25) is 19.2 Å². The van der Waals surface area contributed by atoms with Crippen LogP contribution in [0.3, 0.4) is 0 Å². The lowest BCUT2D eigenvalue weighted by atomic mass is 9.85. The second-order valence-corrected chi connectivity index (χ2v) is 9.19. The van der Waals surface area contributed by atoms with Crippen LogP contribution in [0.2, 0.25) is 0 Å². The Labute approximate surface area is 176 Å². The molecule has 162 valence electrons. The number of nitrogens with one attached hydrogen (secondary N) is 2. The Kier molecular flexibility index (Phi) is 5.99. The summed E-state index contributed by atoms with van der Waals surface area (Å²) >= 11 is 0. The van der Waals surface area contributed by atoms with E-state index in [1.54, 1.807) is 29.2 Å². The van der Waals surface area contributed by atoms with Gasteiger partial charge in [-0.25, -0.2) is 0 Å². The number of ether oxygens (including phenoxy) is 1. The van der Waals surface area contributed by atoms with Crippen molar-refractivity contribution in [2.45, 2.75) is 52.8 Å². The van der Waals surface area contributed by atoms with E-state index in [1.807, 2.05) is 27.7 Å². The average molecular weight is 415 g/mol. The van der Waals surface area contributed by atoms with E-state index in [0.29, 0.717) is 17.8 Å². The summed E-state index contributed by atoms with van der Waals surface area (Å²) in [6.07, 6.45) is -0.279. The van der Waals surface area contributed by atoms with Gasteiger partial charge >= 0.3 is 0 Å². The van der Waals surface area contributed by atoms with Crippen molar-refractivity contribution in [1.82, 2.24) is 10.2 Å². The third-order valence-corrected chi connectivity index (χ3v) is 5.58. The molecule has 1 aromatic rings. The van der Waals surface area contributed by atoms with E-state index in [0.717, 1.165) is 0 Å². The first-order chi connectivity index (χ1) is 14.0. The smallest absolute Gasteiger partial charge is 0.251 e. The summed E-state index contributed by atoms with van der Waals surface area (Å²) in [6.45, 7) is 9.44. The Balaban J connectivity index is 1.78. The predicted octanol–water partition coefficient (Wildman–Crippen LogP) is 1.60. The molecule has 0 saturated carbocycles. The highest BCUT2D eigenvalue weighted by atomic mass is 16.5. The lowest BCUT2D eigenvalue weighted by molar-refractivity contribution is -0.140. The molecule has 0 aliphatic carbocycles. The Morgan fingerprint density at radius 1 is 1.17 bits per heavy atom. The second kappa shape index (κ2) is 8.18. The highest BCUT2D eigenvalue weighted by molar-refractivity contribution is 6.00. The molecule has 0 aromatic heterocycles. The zero-order chi connectivity index (χ0) is 22.2. The average Bonchev–Trinajstić information content (AvgIpc) is 3.19. The lowest BCUT2D eigenvalue weighted by Gasteiger charge is -2.35. The quantitative estimate of drug-likeness (QED) is 0.777. The van der Waals surface area contributed by atoms with E-state index in [1.165, 1.54) is 6.92 Å². The van der Waals surface area contributed by atoms with E-state index < -0.39 is 23.4 Å². The van der Waals surface area contributed by atoms with Gasteiger partial charge in [-0.15, -0.1) is 0 Å². The molecule has 2 fully saturated rings. The maximum atomic E-state index is 13.4. The van der Waals surface area contributed by atoms with Gasteiger partial charge in [-0.1, -0.05) is 27.7 Å². The first kappa shape index (κ1) is 22.0. The Morgan fingerprint density at radius 2 is 1.80 bits per heavy atom. The Bertz CT molecular complexity index is 859. The summed E-state index contributed by atoms with van der Waals surface area (Å²) in [5, 5.41) is 5.50. The fourth-order valence-corrected chi connectivity index (χ4v) is 4.06. The van der Waals surface area contributed by atoms with Gasteiger partial charge in [0.25, 0.3) is 5.91 Å². The standard InChI is InChI=1S/C22H29N3O5/c1-12-10-25(17-16(27)11-30-18(12)17)21(29)19(22(3,4)5)24-20(28)14-6-8-15(9-7-14)23-13(2)26/h6-9,12,17-19H,10-11H2,1-5H3,(H,23,26)(H,24,28)/t12-,17+,18+,19?/m0/s1. The molecule has 3 amide bonds. The van der Waals surface area contributed by atoms with E-state index >= 15 is 0 Å². The largest absolute Gasteiger partial charge is 0.367 e. The summed E-state index contributed by atoms with van der Waals surface area (Å²) < 4.78 is 5.58. The van der Waals surface area contributed by atoms with Crippen molar-refractivity contribution in [3.8, 4) is 0 Å². The Morgan fingerprint density at radius 3 is 2.37 bits per heavy atom. The molecule has 2 aliphatic rings. The molecule has 8 nitrogen and oxygen atoms in total. The lowest BCUT2D eigenvalue weighted by Crippen LogP contribution is -2.57. The third kappa shape index (κ3) is 4.38. The zero-order valence-corrected chi connectivity index (χ0v) is 18.0. The number of nitrogens with zero attached hydrogens (tertiary/aromatic N) is 1. The van der Waals surface area contributed by atoms with Crippen LogP contribution in [0, 0.1) is 11.3 Å². The number of Topliss-reactive ketones (excluding diaryl/α,β-unsaturated/α-hetero) is 1. The normalized spacial score (nSPS) is 24.4. The summed E-state index contributed by atoms with van der Waals surface area (Å²) in [6, 6.07) is 5.06. The number of hydrogen-bond acceptors (Lipinski definition) is 5.